The fourth-order valence-electron chi connectivity index (χ4n) is 2.71. The van der Waals surface area contributed by atoms with Crippen LogP contribution in [0.1, 0.15) is 24.4 Å². The topological polar surface area (TPSA) is 58.2 Å². The maximum Gasteiger partial charge on any atom is 0.387 e. The van der Waals surface area contributed by atoms with Gasteiger partial charge in [0.25, 0.3) is 5.56 Å². The van der Waals surface area contributed by atoms with Crippen LogP contribution < -0.4 is 10.3 Å². The van der Waals surface area contributed by atoms with E-state index in [4.69, 9.17) is 0 Å². The second-order valence-electron chi connectivity index (χ2n) is 6.08. The van der Waals surface area contributed by atoms with E-state index in [0.717, 1.165) is 5.56 Å². The highest BCUT2D eigenvalue weighted by molar-refractivity contribution is 5.77. The van der Waals surface area contributed by atoms with Gasteiger partial charge in [-0.3, -0.25) is 9.69 Å². The Morgan fingerprint density at radius 1 is 1.15 bits per heavy atom. The molecule has 0 saturated heterocycles. The number of nitrogens with one attached hydrogen (secondary N) is 1. The third-order valence-electron chi connectivity index (χ3n) is 4.27. The zero-order valence-electron chi connectivity index (χ0n) is 14.4. The molecule has 1 heterocycles. The number of aromatic nitrogens is 2. The molecule has 3 rings (SSSR count). The number of halogens is 2. The number of fused-ring (bicyclic) bond motifs is 1. The molecular weight excluding hydrogens is 340 g/mol. The molecule has 136 valence electrons. The Kier molecular flexibility index (Phi) is 5.27. The summed E-state index contributed by atoms with van der Waals surface area (Å²) in [6.45, 7) is -0.326. The van der Waals surface area contributed by atoms with E-state index < -0.39 is 6.61 Å². The lowest BCUT2D eigenvalue weighted by Gasteiger charge is -2.24. The molecule has 1 aromatic heterocycles. The first kappa shape index (κ1) is 18.0. The number of rotatable bonds is 6. The summed E-state index contributed by atoms with van der Waals surface area (Å²) in [6, 6.07) is 13.5. The van der Waals surface area contributed by atoms with Gasteiger partial charge in [-0.15, -0.1) is 0 Å². The molecule has 0 aliphatic heterocycles. The number of aromatic amines is 1. The normalized spacial score (nSPS) is 12.7. The number of benzene rings is 2. The molecular formula is C19H19F2N3O2. The molecule has 0 saturated carbocycles. The van der Waals surface area contributed by atoms with E-state index in [2.05, 4.69) is 14.7 Å². The van der Waals surface area contributed by atoms with Crippen LogP contribution in [0.15, 0.2) is 53.3 Å². The van der Waals surface area contributed by atoms with Gasteiger partial charge >= 0.3 is 6.61 Å². The zero-order valence-corrected chi connectivity index (χ0v) is 14.4. The number of hydrogen-bond donors (Lipinski definition) is 1. The van der Waals surface area contributed by atoms with E-state index in [1.807, 2.05) is 31.0 Å². The maximum atomic E-state index is 12.2. The van der Waals surface area contributed by atoms with E-state index in [9.17, 15) is 13.6 Å². The van der Waals surface area contributed by atoms with Gasteiger partial charge in [0, 0.05) is 6.54 Å². The fraction of sp³-hybridized carbons (Fsp3) is 0.263. The quantitative estimate of drug-likeness (QED) is 0.729. The average molecular weight is 359 g/mol. The standard InChI is InChI=1S/C19H19F2N3O2/c1-12(17-22-16-6-4-3-5-15(16)18(25)23-17)24(2)11-13-7-9-14(10-8-13)26-19(20)21/h3-10,12,19H,11H2,1-2H3,(H,22,23,25)/t12-/m0/s1. The van der Waals surface area contributed by atoms with Gasteiger partial charge in [0.15, 0.2) is 0 Å². The number of nitrogens with zero attached hydrogens (tertiary/aromatic N) is 2. The summed E-state index contributed by atoms with van der Waals surface area (Å²) in [5, 5.41) is 0.556. The lowest BCUT2D eigenvalue weighted by Crippen LogP contribution is -2.26. The lowest BCUT2D eigenvalue weighted by molar-refractivity contribution is -0.0498. The Balaban J connectivity index is 1.75. The Labute approximate surface area is 149 Å². The van der Waals surface area contributed by atoms with E-state index in [0.29, 0.717) is 23.3 Å². The summed E-state index contributed by atoms with van der Waals surface area (Å²) in [5.41, 5.74) is 1.42. The smallest absolute Gasteiger partial charge is 0.387 e. The molecule has 3 aromatic rings. The molecule has 1 atom stereocenters. The van der Waals surface area contributed by atoms with Gasteiger partial charge in [-0.1, -0.05) is 24.3 Å². The molecule has 2 aromatic carbocycles. The van der Waals surface area contributed by atoms with Crippen LogP contribution in [0.25, 0.3) is 10.9 Å². The van der Waals surface area contributed by atoms with Gasteiger partial charge in [-0.05, 0) is 43.8 Å². The van der Waals surface area contributed by atoms with E-state index in [1.54, 1.807) is 24.3 Å². The van der Waals surface area contributed by atoms with Gasteiger partial charge in [-0.25, -0.2) is 4.98 Å². The molecule has 5 nitrogen and oxygen atoms in total. The summed E-state index contributed by atoms with van der Waals surface area (Å²) < 4.78 is 28.8. The Bertz CT molecular complexity index is 941. The number of hydrogen-bond acceptors (Lipinski definition) is 4. The van der Waals surface area contributed by atoms with E-state index in [1.165, 1.54) is 12.1 Å². The SMILES string of the molecule is C[C@@H](c1nc2ccccc2c(=O)[nH]1)N(C)Cc1ccc(OC(F)F)cc1. The van der Waals surface area contributed by atoms with Gasteiger partial charge in [-0.2, -0.15) is 8.78 Å². The predicted molar refractivity (Wildman–Crippen MR) is 95.3 cm³/mol. The maximum absolute atomic E-state index is 12.2. The Morgan fingerprint density at radius 2 is 1.85 bits per heavy atom. The molecule has 0 bridgehead atoms. The minimum atomic E-state index is -2.83. The number of alkyl halides is 2. The van der Waals surface area contributed by atoms with Crippen molar-refractivity contribution in [2.24, 2.45) is 0 Å². The molecule has 0 fully saturated rings. The van der Waals surface area contributed by atoms with Crippen LogP contribution in [-0.4, -0.2) is 28.5 Å². The molecule has 0 spiro atoms. The third kappa shape index (κ3) is 4.05. The Hall–Kier alpha value is -2.80. The van der Waals surface area contributed by atoms with Crippen LogP contribution in [0.3, 0.4) is 0 Å². The molecule has 7 heteroatoms. The van der Waals surface area contributed by atoms with Crippen molar-refractivity contribution >= 4 is 10.9 Å². The predicted octanol–water partition coefficient (Wildman–Crippen LogP) is 3.72. The Morgan fingerprint density at radius 3 is 2.54 bits per heavy atom. The highest BCUT2D eigenvalue weighted by Crippen LogP contribution is 2.20. The highest BCUT2D eigenvalue weighted by atomic mass is 19.3. The van der Waals surface area contributed by atoms with Gasteiger partial charge < -0.3 is 9.72 Å². The van der Waals surface area contributed by atoms with Crippen LogP contribution in [-0.2, 0) is 6.54 Å². The van der Waals surface area contributed by atoms with Crippen molar-refractivity contribution in [2.75, 3.05) is 7.05 Å². The monoisotopic (exact) mass is 359 g/mol. The zero-order chi connectivity index (χ0) is 18.7. The minimum Gasteiger partial charge on any atom is -0.435 e. The third-order valence-corrected chi connectivity index (χ3v) is 4.27. The molecule has 0 aliphatic carbocycles. The molecule has 0 unspecified atom stereocenters. The van der Waals surface area contributed by atoms with Crippen molar-refractivity contribution < 1.29 is 13.5 Å². The first-order valence-electron chi connectivity index (χ1n) is 8.17. The van der Waals surface area contributed by atoms with Crippen molar-refractivity contribution in [3.05, 3.63) is 70.3 Å². The first-order valence-corrected chi connectivity index (χ1v) is 8.17. The molecule has 1 N–H and O–H groups in total. The largest absolute Gasteiger partial charge is 0.435 e. The summed E-state index contributed by atoms with van der Waals surface area (Å²) in [6.07, 6.45) is 0. The second kappa shape index (κ2) is 7.61. The van der Waals surface area contributed by atoms with Gasteiger partial charge in [0.2, 0.25) is 0 Å². The highest BCUT2D eigenvalue weighted by Gasteiger charge is 2.16. The van der Waals surface area contributed by atoms with Gasteiger partial charge in [0.1, 0.15) is 11.6 Å². The van der Waals surface area contributed by atoms with Crippen LogP contribution in [0.4, 0.5) is 8.78 Å². The van der Waals surface area contributed by atoms with Crippen LogP contribution >= 0.6 is 0 Å². The molecule has 0 aliphatic rings. The van der Waals surface area contributed by atoms with Crippen molar-refractivity contribution in [1.82, 2.24) is 14.9 Å². The van der Waals surface area contributed by atoms with E-state index >= 15 is 0 Å². The number of H-pyrrole nitrogens is 1. The summed E-state index contributed by atoms with van der Waals surface area (Å²) >= 11 is 0. The summed E-state index contributed by atoms with van der Waals surface area (Å²) in [4.78, 5) is 21.6. The molecule has 26 heavy (non-hydrogen) atoms. The van der Waals surface area contributed by atoms with Crippen LogP contribution in [0.5, 0.6) is 5.75 Å². The second-order valence-corrected chi connectivity index (χ2v) is 6.08. The first-order chi connectivity index (χ1) is 12.4. The van der Waals surface area contributed by atoms with E-state index in [-0.39, 0.29) is 17.4 Å². The van der Waals surface area contributed by atoms with Gasteiger partial charge in [0.05, 0.1) is 16.9 Å². The average Bonchev–Trinajstić information content (AvgIpc) is 2.62. The minimum absolute atomic E-state index is 0.125. The van der Waals surface area contributed by atoms with Crippen LogP contribution in [0, 0.1) is 0 Å². The summed E-state index contributed by atoms with van der Waals surface area (Å²) in [5.74, 6) is 0.703. The van der Waals surface area contributed by atoms with Crippen LogP contribution in [0.2, 0.25) is 0 Å². The molecule has 0 amide bonds. The van der Waals surface area contributed by atoms with Crippen molar-refractivity contribution in [2.45, 2.75) is 26.1 Å². The summed E-state index contributed by atoms with van der Waals surface area (Å²) in [7, 11) is 1.91. The van der Waals surface area contributed by atoms with Crippen molar-refractivity contribution in [1.29, 1.82) is 0 Å². The molecule has 0 radical (unpaired) electrons. The lowest BCUT2D eigenvalue weighted by atomic mass is 10.1. The number of para-hydroxylation sites is 1. The van der Waals surface area contributed by atoms with Crippen molar-refractivity contribution in [3.63, 3.8) is 0 Å². The number of ether oxygens (including phenoxy) is 1. The fourth-order valence-corrected chi connectivity index (χ4v) is 2.71. The van der Waals surface area contributed by atoms with Crippen molar-refractivity contribution in [3.8, 4) is 5.75 Å².